The number of anilines is 1. The molecular formula is C16H24N2O2. The SMILES string of the molecule is COc1ccc(C(=O)NC(C)C2CCCCC2)c(N)c1. The van der Waals surface area contributed by atoms with Crippen LogP contribution in [-0.2, 0) is 0 Å². The maximum Gasteiger partial charge on any atom is 0.253 e. The molecule has 1 saturated carbocycles. The zero-order valence-electron chi connectivity index (χ0n) is 12.3. The molecule has 1 unspecified atom stereocenters. The molecule has 1 aromatic carbocycles. The lowest BCUT2D eigenvalue weighted by Gasteiger charge is -2.28. The fraction of sp³-hybridized carbons (Fsp3) is 0.562. The summed E-state index contributed by atoms with van der Waals surface area (Å²) >= 11 is 0. The van der Waals surface area contributed by atoms with Crippen LogP contribution in [0.25, 0.3) is 0 Å². The first kappa shape index (κ1) is 14.7. The maximum atomic E-state index is 12.3. The molecule has 1 amide bonds. The van der Waals surface area contributed by atoms with Gasteiger partial charge < -0.3 is 15.8 Å². The summed E-state index contributed by atoms with van der Waals surface area (Å²) < 4.78 is 5.09. The number of methoxy groups -OCH3 is 1. The molecule has 0 spiro atoms. The van der Waals surface area contributed by atoms with E-state index in [-0.39, 0.29) is 11.9 Å². The lowest BCUT2D eigenvalue weighted by Crippen LogP contribution is -2.39. The smallest absolute Gasteiger partial charge is 0.253 e. The van der Waals surface area contributed by atoms with Crippen LogP contribution in [0.1, 0.15) is 49.4 Å². The Labute approximate surface area is 120 Å². The van der Waals surface area contributed by atoms with E-state index in [2.05, 4.69) is 12.2 Å². The van der Waals surface area contributed by atoms with Gasteiger partial charge in [-0.25, -0.2) is 0 Å². The molecule has 0 saturated heterocycles. The maximum absolute atomic E-state index is 12.3. The molecule has 1 aliphatic carbocycles. The Morgan fingerprint density at radius 2 is 2.05 bits per heavy atom. The number of hydrogen-bond acceptors (Lipinski definition) is 3. The van der Waals surface area contributed by atoms with Gasteiger partial charge in [-0.2, -0.15) is 0 Å². The first-order chi connectivity index (χ1) is 9.61. The van der Waals surface area contributed by atoms with Crippen LogP contribution in [0.15, 0.2) is 18.2 Å². The zero-order valence-corrected chi connectivity index (χ0v) is 12.3. The molecular weight excluding hydrogens is 252 g/mol. The number of carbonyl (C=O) groups excluding carboxylic acids is 1. The van der Waals surface area contributed by atoms with Gasteiger partial charge in [0, 0.05) is 17.8 Å². The van der Waals surface area contributed by atoms with Crippen molar-refractivity contribution in [2.45, 2.75) is 45.1 Å². The Balaban J connectivity index is 2.00. The summed E-state index contributed by atoms with van der Waals surface area (Å²) in [6, 6.07) is 5.36. The van der Waals surface area contributed by atoms with Gasteiger partial charge in [0.1, 0.15) is 5.75 Å². The Kier molecular flexibility index (Phi) is 4.88. The van der Waals surface area contributed by atoms with Crippen molar-refractivity contribution in [3.63, 3.8) is 0 Å². The fourth-order valence-electron chi connectivity index (χ4n) is 2.91. The second kappa shape index (κ2) is 6.64. The lowest BCUT2D eigenvalue weighted by molar-refractivity contribution is 0.0920. The van der Waals surface area contributed by atoms with Crippen molar-refractivity contribution >= 4 is 11.6 Å². The van der Waals surface area contributed by atoms with Crippen LogP contribution in [0.4, 0.5) is 5.69 Å². The van der Waals surface area contributed by atoms with Crippen LogP contribution < -0.4 is 15.8 Å². The predicted molar refractivity (Wildman–Crippen MR) is 80.9 cm³/mol. The molecule has 1 aliphatic rings. The minimum Gasteiger partial charge on any atom is -0.497 e. The standard InChI is InChI=1S/C16H24N2O2/c1-11(12-6-4-3-5-7-12)18-16(19)14-9-8-13(20-2)10-15(14)17/h8-12H,3-7,17H2,1-2H3,(H,18,19). The van der Waals surface area contributed by atoms with E-state index in [1.807, 2.05) is 0 Å². The number of rotatable bonds is 4. The summed E-state index contributed by atoms with van der Waals surface area (Å²) in [5.41, 5.74) is 6.89. The van der Waals surface area contributed by atoms with Crippen LogP contribution in [0.2, 0.25) is 0 Å². The van der Waals surface area contributed by atoms with Crippen LogP contribution in [0, 0.1) is 5.92 Å². The average Bonchev–Trinajstić information content (AvgIpc) is 2.47. The van der Waals surface area contributed by atoms with E-state index in [4.69, 9.17) is 10.5 Å². The molecule has 20 heavy (non-hydrogen) atoms. The Morgan fingerprint density at radius 3 is 2.65 bits per heavy atom. The molecule has 1 atom stereocenters. The first-order valence-corrected chi connectivity index (χ1v) is 7.36. The van der Waals surface area contributed by atoms with Crippen LogP contribution in [0.3, 0.4) is 0 Å². The molecule has 0 aliphatic heterocycles. The van der Waals surface area contributed by atoms with E-state index in [9.17, 15) is 4.79 Å². The largest absolute Gasteiger partial charge is 0.497 e. The lowest BCUT2D eigenvalue weighted by atomic mass is 9.84. The molecule has 1 fully saturated rings. The minimum absolute atomic E-state index is 0.0942. The van der Waals surface area contributed by atoms with Crippen molar-refractivity contribution in [3.05, 3.63) is 23.8 Å². The highest BCUT2D eigenvalue weighted by Crippen LogP contribution is 2.27. The summed E-state index contributed by atoms with van der Waals surface area (Å²) in [4.78, 5) is 12.3. The van der Waals surface area contributed by atoms with Crippen LogP contribution >= 0.6 is 0 Å². The van der Waals surface area contributed by atoms with Crippen molar-refractivity contribution in [1.29, 1.82) is 0 Å². The molecule has 0 aromatic heterocycles. The van der Waals surface area contributed by atoms with E-state index in [0.717, 1.165) is 0 Å². The molecule has 4 heteroatoms. The van der Waals surface area contributed by atoms with Crippen LogP contribution in [0.5, 0.6) is 5.75 Å². The highest BCUT2D eigenvalue weighted by molar-refractivity contribution is 5.99. The van der Waals surface area contributed by atoms with Crippen LogP contribution in [-0.4, -0.2) is 19.1 Å². The summed E-state index contributed by atoms with van der Waals surface area (Å²) in [5, 5.41) is 3.08. The van der Waals surface area contributed by atoms with Gasteiger partial charge in [0.05, 0.1) is 12.7 Å². The van der Waals surface area contributed by atoms with Crippen molar-refractivity contribution < 1.29 is 9.53 Å². The van der Waals surface area contributed by atoms with E-state index in [1.54, 1.807) is 25.3 Å². The number of carbonyl (C=O) groups is 1. The second-order valence-corrected chi connectivity index (χ2v) is 5.61. The van der Waals surface area contributed by atoms with Crippen molar-refractivity contribution in [2.75, 3.05) is 12.8 Å². The Hall–Kier alpha value is -1.71. The molecule has 1 aromatic rings. The third-order valence-electron chi connectivity index (χ3n) is 4.22. The zero-order chi connectivity index (χ0) is 14.5. The quantitative estimate of drug-likeness (QED) is 0.831. The van der Waals surface area contributed by atoms with E-state index in [0.29, 0.717) is 22.9 Å². The van der Waals surface area contributed by atoms with Gasteiger partial charge in [-0.15, -0.1) is 0 Å². The number of nitrogens with one attached hydrogen (secondary N) is 1. The van der Waals surface area contributed by atoms with Crippen molar-refractivity contribution in [1.82, 2.24) is 5.32 Å². The number of hydrogen-bond donors (Lipinski definition) is 2. The molecule has 0 radical (unpaired) electrons. The van der Waals surface area contributed by atoms with Crippen molar-refractivity contribution in [3.8, 4) is 5.75 Å². The van der Waals surface area contributed by atoms with Gasteiger partial charge in [-0.1, -0.05) is 19.3 Å². The Bertz CT molecular complexity index is 468. The molecule has 2 rings (SSSR count). The predicted octanol–water partition coefficient (Wildman–Crippen LogP) is 2.98. The summed E-state index contributed by atoms with van der Waals surface area (Å²) in [6.07, 6.45) is 6.28. The van der Waals surface area contributed by atoms with Gasteiger partial charge in [0.15, 0.2) is 0 Å². The normalized spacial score (nSPS) is 17.5. The molecule has 0 bridgehead atoms. The number of benzene rings is 1. The van der Waals surface area contributed by atoms with Gasteiger partial charge >= 0.3 is 0 Å². The number of amides is 1. The third-order valence-corrected chi connectivity index (χ3v) is 4.22. The summed E-state index contributed by atoms with van der Waals surface area (Å²) in [5.74, 6) is 1.16. The van der Waals surface area contributed by atoms with E-state index >= 15 is 0 Å². The molecule has 110 valence electrons. The van der Waals surface area contributed by atoms with Crippen molar-refractivity contribution in [2.24, 2.45) is 5.92 Å². The topological polar surface area (TPSA) is 64.3 Å². The summed E-state index contributed by atoms with van der Waals surface area (Å²) in [7, 11) is 1.58. The molecule has 4 nitrogen and oxygen atoms in total. The highest BCUT2D eigenvalue weighted by atomic mass is 16.5. The first-order valence-electron chi connectivity index (χ1n) is 7.36. The number of nitrogen functional groups attached to an aromatic ring is 1. The van der Waals surface area contributed by atoms with E-state index < -0.39 is 0 Å². The number of ether oxygens (including phenoxy) is 1. The molecule has 3 N–H and O–H groups in total. The Morgan fingerprint density at radius 1 is 1.35 bits per heavy atom. The highest BCUT2D eigenvalue weighted by Gasteiger charge is 2.22. The molecule has 0 heterocycles. The average molecular weight is 276 g/mol. The fourth-order valence-corrected chi connectivity index (χ4v) is 2.91. The number of nitrogens with two attached hydrogens (primary N) is 1. The van der Waals surface area contributed by atoms with E-state index in [1.165, 1.54) is 32.1 Å². The monoisotopic (exact) mass is 276 g/mol. The summed E-state index contributed by atoms with van der Waals surface area (Å²) in [6.45, 7) is 2.09. The van der Waals surface area contributed by atoms with Gasteiger partial charge in [0.25, 0.3) is 5.91 Å². The second-order valence-electron chi connectivity index (χ2n) is 5.61. The minimum atomic E-state index is -0.0942. The van der Waals surface area contributed by atoms with Gasteiger partial charge in [-0.3, -0.25) is 4.79 Å². The third kappa shape index (κ3) is 3.44. The van der Waals surface area contributed by atoms with Gasteiger partial charge in [0.2, 0.25) is 0 Å². The van der Waals surface area contributed by atoms with Gasteiger partial charge in [-0.05, 0) is 37.8 Å².